The summed E-state index contributed by atoms with van der Waals surface area (Å²) in [5.41, 5.74) is 0.0586. The van der Waals surface area contributed by atoms with E-state index in [1.54, 1.807) is 0 Å². The first-order valence-electron chi connectivity index (χ1n) is 12.2. The van der Waals surface area contributed by atoms with E-state index in [1.807, 2.05) is 11.9 Å². The van der Waals surface area contributed by atoms with E-state index < -0.39 is 17.6 Å². The SMILES string of the molecule is CNC1=C(C(=N)N2CCC(C(=O)O)CC2)CCC(C=O)C1.O=Cc1c(Cl)cccc1C1(C(F)(F)F)CC1. The second-order valence-corrected chi connectivity index (χ2v) is 10.1. The smallest absolute Gasteiger partial charge is 0.398 e. The van der Waals surface area contributed by atoms with Gasteiger partial charge in [0.1, 0.15) is 12.1 Å². The van der Waals surface area contributed by atoms with Gasteiger partial charge in [-0.15, -0.1) is 0 Å². The molecule has 37 heavy (non-hydrogen) atoms. The predicted molar refractivity (Wildman–Crippen MR) is 133 cm³/mol. The highest BCUT2D eigenvalue weighted by atomic mass is 35.5. The average molecular weight is 542 g/mol. The van der Waals surface area contributed by atoms with Gasteiger partial charge in [0.25, 0.3) is 0 Å². The first-order chi connectivity index (χ1) is 17.5. The molecule has 1 saturated heterocycles. The van der Waals surface area contributed by atoms with Gasteiger partial charge in [0, 0.05) is 42.9 Å². The number of benzene rings is 1. The molecule has 2 aliphatic carbocycles. The molecule has 1 unspecified atom stereocenters. The molecule has 3 N–H and O–H groups in total. The number of alkyl halides is 3. The third-order valence-corrected chi connectivity index (χ3v) is 7.84. The van der Waals surface area contributed by atoms with Crippen LogP contribution in [0.2, 0.25) is 5.02 Å². The highest BCUT2D eigenvalue weighted by Crippen LogP contribution is 2.59. The van der Waals surface area contributed by atoms with Gasteiger partial charge >= 0.3 is 12.1 Å². The number of hydrogen-bond donors (Lipinski definition) is 3. The second kappa shape index (κ2) is 11.7. The Bertz CT molecular complexity index is 1080. The third-order valence-electron chi connectivity index (χ3n) is 7.52. The van der Waals surface area contributed by atoms with E-state index in [0.29, 0.717) is 44.5 Å². The minimum Gasteiger partial charge on any atom is -0.481 e. The number of carboxylic acids is 1. The van der Waals surface area contributed by atoms with Gasteiger partial charge in [-0.2, -0.15) is 13.2 Å². The summed E-state index contributed by atoms with van der Waals surface area (Å²) in [6.45, 7) is 1.24. The lowest BCUT2D eigenvalue weighted by molar-refractivity contribution is -0.160. The molecule has 0 radical (unpaired) electrons. The number of amidine groups is 1. The number of halogens is 4. The summed E-state index contributed by atoms with van der Waals surface area (Å²) >= 11 is 5.71. The van der Waals surface area contributed by atoms with Crippen molar-refractivity contribution < 1.29 is 32.7 Å². The number of nitrogens with zero attached hydrogens (tertiary/aromatic N) is 1. The Morgan fingerprint density at radius 1 is 1.22 bits per heavy atom. The average Bonchev–Trinajstić information content (AvgIpc) is 3.70. The zero-order chi connectivity index (χ0) is 27.4. The number of carboxylic acid groups (broad SMARTS) is 1. The lowest BCUT2D eigenvalue weighted by Gasteiger charge is -2.35. The molecule has 1 heterocycles. The Kier molecular flexibility index (Phi) is 9.05. The lowest BCUT2D eigenvalue weighted by atomic mass is 9.86. The number of aliphatic carboxylic acids is 1. The van der Waals surface area contributed by atoms with Crippen molar-refractivity contribution in [1.82, 2.24) is 10.2 Å². The van der Waals surface area contributed by atoms with Crippen molar-refractivity contribution in [2.45, 2.75) is 56.5 Å². The topological polar surface area (TPSA) is 111 Å². The highest BCUT2D eigenvalue weighted by Gasteiger charge is 2.64. The Balaban J connectivity index is 0.000000213. The Hall–Kier alpha value is -2.88. The number of hydrogen-bond acceptors (Lipinski definition) is 5. The fourth-order valence-corrected chi connectivity index (χ4v) is 5.26. The van der Waals surface area contributed by atoms with Gasteiger partial charge in [-0.25, -0.2) is 0 Å². The minimum atomic E-state index is -4.32. The molecular weight excluding hydrogens is 511 g/mol. The van der Waals surface area contributed by atoms with Gasteiger partial charge < -0.3 is 20.1 Å². The summed E-state index contributed by atoms with van der Waals surface area (Å²) in [6.07, 6.45) is 0.497. The van der Waals surface area contributed by atoms with Crippen LogP contribution < -0.4 is 5.32 Å². The lowest BCUT2D eigenvalue weighted by Crippen LogP contribution is -2.41. The van der Waals surface area contributed by atoms with Crippen LogP contribution in [0, 0.1) is 17.2 Å². The summed E-state index contributed by atoms with van der Waals surface area (Å²) < 4.78 is 38.6. The Labute approximate surface area is 218 Å². The van der Waals surface area contributed by atoms with Gasteiger partial charge in [0.2, 0.25) is 0 Å². The van der Waals surface area contributed by atoms with Crippen LogP contribution >= 0.6 is 11.6 Å². The van der Waals surface area contributed by atoms with Crippen molar-refractivity contribution in [3.8, 4) is 0 Å². The van der Waals surface area contributed by atoms with E-state index >= 15 is 0 Å². The molecule has 11 heteroatoms. The molecule has 1 atom stereocenters. The number of nitrogens with one attached hydrogen (secondary N) is 2. The van der Waals surface area contributed by atoms with Gasteiger partial charge in [0.15, 0.2) is 6.29 Å². The molecule has 4 rings (SSSR count). The van der Waals surface area contributed by atoms with Crippen LogP contribution in [0.5, 0.6) is 0 Å². The standard InChI is InChI=1S/C15H23N3O3.C11H8ClF3O/c1-17-13-8-10(9-19)2-3-12(13)14(16)18-6-4-11(5-7-18)15(20)21;12-9-3-1-2-8(7(9)6-16)10(4-5-10)11(13,14)15/h9-11,16-17H,2-8H2,1H3,(H,20,21);1-3,6H,4-5H2. The number of rotatable bonds is 6. The van der Waals surface area contributed by atoms with Crippen LogP contribution in [0.15, 0.2) is 29.5 Å². The van der Waals surface area contributed by atoms with Gasteiger partial charge in [-0.05, 0) is 56.6 Å². The molecule has 0 bridgehead atoms. The van der Waals surface area contributed by atoms with Gasteiger partial charge in [-0.3, -0.25) is 15.0 Å². The Morgan fingerprint density at radius 2 is 1.86 bits per heavy atom. The number of carbonyl (C=O) groups excluding carboxylic acids is 2. The largest absolute Gasteiger partial charge is 0.481 e. The summed E-state index contributed by atoms with van der Waals surface area (Å²) in [7, 11) is 1.83. The zero-order valence-corrected chi connectivity index (χ0v) is 21.3. The number of likely N-dealkylation sites (tertiary alicyclic amines) is 1. The van der Waals surface area contributed by atoms with E-state index in [1.165, 1.54) is 18.2 Å². The normalized spacial score (nSPS) is 21.4. The van der Waals surface area contributed by atoms with Gasteiger partial charge in [0.05, 0.1) is 16.4 Å². The molecule has 202 valence electrons. The van der Waals surface area contributed by atoms with Crippen molar-refractivity contribution in [2.75, 3.05) is 20.1 Å². The molecule has 7 nitrogen and oxygen atoms in total. The third kappa shape index (κ3) is 6.17. The summed E-state index contributed by atoms with van der Waals surface area (Å²) in [6, 6.07) is 4.19. The molecule has 0 amide bonds. The van der Waals surface area contributed by atoms with Crippen LogP contribution in [0.1, 0.15) is 60.9 Å². The number of aldehydes is 2. The van der Waals surface area contributed by atoms with Crippen molar-refractivity contribution in [2.24, 2.45) is 11.8 Å². The van der Waals surface area contributed by atoms with Crippen LogP contribution in [-0.4, -0.2) is 60.7 Å². The molecule has 3 aliphatic rings. The summed E-state index contributed by atoms with van der Waals surface area (Å²) in [5, 5.41) is 20.6. The maximum Gasteiger partial charge on any atom is 0.398 e. The molecule has 1 saturated carbocycles. The molecule has 0 aromatic heterocycles. The fraction of sp³-hybridized carbons (Fsp3) is 0.538. The maximum absolute atomic E-state index is 12.9. The molecule has 1 aromatic carbocycles. The minimum absolute atomic E-state index is 0.00231. The van der Waals surface area contributed by atoms with Crippen molar-refractivity contribution in [3.63, 3.8) is 0 Å². The van der Waals surface area contributed by atoms with Gasteiger partial charge in [-0.1, -0.05) is 23.7 Å². The number of carbonyl (C=O) groups is 3. The zero-order valence-electron chi connectivity index (χ0n) is 20.5. The quantitative estimate of drug-likeness (QED) is 0.266. The second-order valence-electron chi connectivity index (χ2n) is 9.69. The maximum atomic E-state index is 12.9. The van der Waals surface area contributed by atoms with E-state index in [9.17, 15) is 27.6 Å². The molecular formula is C26H31ClF3N3O4. The van der Waals surface area contributed by atoms with Crippen LogP contribution in [0.3, 0.4) is 0 Å². The van der Waals surface area contributed by atoms with Crippen LogP contribution in [0.25, 0.3) is 0 Å². The predicted octanol–water partition coefficient (Wildman–Crippen LogP) is 4.98. The van der Waals surface area contributed by atoms with E-state index in [0.717, 1.165) is 30.4 Å². The molecule has 0 spiro atoms. The van der Waals surface area contributed by atoms with Crippen molar-refractivity contribution in [3.05, 3.63) is 45.6 Å². The van der Waals surface area contributed by atoms with Crippen molar-refractivity contribution in [1.29, 1.82) is 5.41 Å². The Morgan fingerprint density at radius 3 is 2.35 bits per heavy atom. The van der Waals surface area contributed by atoms with Crippen molar-refractivity contribution >= 4 is 36.0 Å². The first kappa shape index (κ1) is 28.7. The van der Waals surface area contributed by atoms with E-state index in [2.05, 4.69) is 5.32 Å². The van der Waals surface area contributed by atoms with Crippen LogP contribution in [-0.2, 0) is 15.0 Å². The number of allylic oxidation sites excluding steroid dienone is 1. The van der Waals surface area contributed by atoms with E-state index in [-0.39, 0.29) is 40.8 Å². The van der Waals surface area contributed by atoms with E-state index in [4.69, 9.17) is 22.1 Å². The molecule has 1 aromatic rings. The first-order valence-corrected chi connectivity index (χ1v) is 12.6. The summed E-state index contributed by atoms with van der Waals surface area (Å²) in [4.78, 5) is 34.7. The van der Waals surface area contributed by atoms with Crippen LogP contribution in [0.4, 0.5) is 13.2 Å². The summed E-state index contributed by atoms with van der Waals surface area (Å²) in [5.74, 6) is -0.477. The number of piperidine rings is 1. The fourth-order valence-electron chi connectivity index (χ4n) is 5.04. The highest BCUT2D eigenvalue weighted by molar-refractivity contribution is 6.33. The molecule has 2 fully saturated rings. The molecule has 1 aliphatic heterocycles. The monoisotopic (exact) mass is 541 g/mol.